The summed E-state index contributed by atoms with van der Waals surface area (Å²) in [5.41, 5.74) is 1.10. The summed E-state index contributed by atoms with van der Waals surface area (Å²) >= 11 is 6.56. The number of aromatic nitrogens is 1. The lowest BCUT2D eigenvalue weighted by Crippen LogP contribution is -2.51. The van der Waals surface area contributed by atoms with E-state index >= 15 is 0 Å². The van der Waals surface area contributed by atoms with Gasteiger partial charge in [0.2, 0.25) is 5.91 Å². The van der Waals surface area contributed by atoms with Crippen molar-refractivity contribution in [3.05, 3.63) is 35.0 Å². The number of amides is 1. The number of likely N-dealkylation sites (tertiary alicyclic amines) is 1. The van der Waals surface area contributed by atoms with Crippen molar-refractivity contribution in [1.29, 1.82) is 0 Å². The minimum atomic E-state index is -2.89. The van der Waals surface area contributed by atoms with Gasteiger partial charge in [0, 0.05) is 23.0 Å². The molecule has 1 aromatic carbocycles. The van der Waals surface area contributed by atoms with E-state index in [2.05, 4.69) is 15.2 Å². The van der Waals surface area contributed by atoms with Gasteiger partial charge < -0.3 is 10.1 Å². The molecule has 5 rings (SSSR count). The van der Waals surface area contributed by atoms with E-state index in [0.29, 0.717) is 17.8 Å². The monoisotopic (exact) mass is 421 g/mol. The second kappa shape index (κ2) is 7.15. The minimum absolute atomic E-state index is 0.290. The molecule has 2 aromatic rings. The van der Waals surface area contributed by atoms with E-state index in [1.807, 2.05) is 12.1 Å². The fourth-order valence-electron chi connectivity index (χ4n) is 4.29. The van der Waals surface area contributed by atoms with Crippen molar-refractivity contribution in [1.82, 2.24) is 9.88 Å². The number of pyridine rings is 1. The first kappa shape index (κ1) is 19.2. The maximum atomic E-state index is 13.1. The van der Waals surface area contributed by atoms with E-state index < -0.39 is 24.2 Å². The van der Waals surface area contributed by atoms with Gasteiger partial charge in [0.1, 0.15) is 11.7 Å². The molecular weight excluding hydrogens is 400 g/mol. The van der Waals surface area contributed by atoms with Gasteiger partial charge in [-0.3, -0.25) is 9.69 Å². The number of anilines is 1. The summed E-state index contributed by atoms with van der Waals surface area (Å²) < 4.78 is 31.5. The number of fused-ring (bicyclic) bond motifs is 1. The van der Waals surface area contributed by atoms with Crippen LogP contribution in [-0.4, -0.2) is 54.1 Å². The van der Waals surface area contributed by atoms with E-state index in [9.17, 15) is 13.6 Å². The SMILES string of the molecule is O=C(Nc1cc2cc(C3CCN(C4COC4)CC3)c(Cl)cc2cn1)[C@H]1CC1(F)F. The van der Waals surface area contributed by atoms with Crippen LogP contribution >= 0.6 is 11.6 Å². The van der Waals surface area contributed by atoms with Gasteiger partial charge in [-0.1, -0.05) is 11.6 Å². The molecule has 3 heterocycles. The number of carbonyl (C=O) groups is 1. The Hall–Kier alpha value is -1.83. The molecule has 5 nitrogen and oxygen atoms in total. The third kappa shape index (κ3) is 3.71. The highest BCUT2D eigenvalue weighted by Gasteiger charge is 2.61. The number of rotatable bonds is 4. The average Bonchev–Trinajstić information content (AvgIpc) is 3.29. The fraction of sp³-hybridized carbons (Fsp3) is 0.524. The fourth-order valence-corrected chi connectivity index (χ4v) is 4.61. The summed E-state index contributed by atoms with van der Waals surface area (Å²) in [6.07, 6.45) is 3.29. The highest BCUT2D eigenvalue weighted by Crippen LogP contribution is 2.49. The van der Waals surface area contributed by atoms with Crippen LogP contribution in [0.5, 0.6) is 0 Å². The summed E-state index contributed by atoms with van der Waals surface area (Å²) in [5, 5.41) is 4.99. The summed E-state index contributed by atoms with van der Waals surface area (Å²) in [5.74, 6) is -4.14. The van der Waals surface area contributed by atoms with Crippen LogP contribution in [0.2, 0.25) is 5.02 Å². The third-order valence-electron chi connectivity index (χ3n) is 6.34. The van der Waals surface area contributed by atoms with Crippen molar-refractivity contribution in [2.24, 2.45) is 5.92 Å². The highest BCUT2D eigenvalue weighted by atomic mass is 35.5. The molecular formula is C21H22ClF2N3O2. The third-order valence-corrected chi connectivity index (χ3v) is 6.66. The molecule has 1 aromatic heterocycles. The smallest absolute Gasteiger partial charge is 0.260 e. The number of benzene rings is 1. The van der Waals surface area contributed by atoms with Gasteiger partial charge in [-0.15, -0.1) is 0 Å². The van der Waals surface area contributed by atoms with E-state index in [1.54, 1.807) is 12.3 Å². The number of piperidine rings is 1. The Bertz CT molecular complexity index is 958. The first-order valence-electron chi connectivity index (χ1n) is 10.0. The lowest BCUT2D eigenvalue weighted by Gasteiger charge is -2.41. The molecule has 0 unspecified atom stereocenters. The number of nitrogens with one attached hydrogen (secondary N) is 1. The van der Waals surface area contributed by atoms with Crippen LogP contribution in [-0.2, 0) is 9.53 Å². The van der Waals surface area contributed by atoms with Gasteiger partial charge in [-0.05, 0) is 61.0 Å². The number of carbonyl (C=O) groups excluding carboxylic acids is 1. The number of ether oxygens (including phenoxy) is 1. The van der Waals surface area contributed by atoms with Crippen LogP contribution in [0.4, 0.5) is 14.6 Å². The van der Waals surface area contributed by atoms with Crippen LogP contribution in [0, 0.1) is 5.92 Å². The maximum absolute atomic E-state index is 13.1. The van der Waals surface area contributed by atoms with Crippen LogP contribution in [0.25, 0.3) is 10.8 Å². The molecule has 2 aliphatic heterocycles. The summed E-state index contributed by atoms with van der Waals surface area (Å²) in [4.78, 5) is 18.6. The van der Waals surface area contributed by atoms with E-state index in [0.717, 1.165) is 60.5 Å². The molecule has 1 aliphatic carbocycles. The number of nitrogens with zero attached hydrogens (tertiary/aromatic N) is 2. The average molecular weight is 422 g/mol. The predicted octanol–water partition coefficient (Wildman–Crippen LogP) is 4.06. The van der Waals surface area contributed by atoms with Gasteiger partial charge in [-0.2, -0.15) is 0 Å². The van der Waals surface area contributed by atoms with Gasteiger partial charge in [0.05, 0.1) is 19.3 Å². The standard InChI is InChI=1S/C21H22ClF2N3O2/c22-18-6-14-9-25-19(26-20(28)17-8-21(17,23)24)7-13(14)5-16(18)12-1-3-27(4-2-12)15-10-29-11-15/h5-7,9,12,15,17H,1-4,8,10-11H2,(H,25,26,28)/t17-/m1/s1. The van der Waals surface area contributed by atoms with E-state index in [-0.39, 0.29) is 0 Å². The largest absolute Gasteiger partial charge is 0.378 e. The molecule has 0 bridgehead atoms. The lowest BCUT2D eigenvalue weighted by molar-refractivity contribution is -0.119. The second-order valence-electron chi connectivity index (χ2n) is 8.30. The molecule has 1 atom stereocenters. The lowest BCUT2D eigenvalue weighted by atomic mass is 9.87. The molecule has 0 spiro atoms. The van der Waals surface area contributed by atoms with Crippen molar-refractivity contribution >= 4 is 34.1 Å². The molecule has 1 N–H and O–H groups in total. The van der Waals surface area contributed by atoms with E-state index in [4.69, 9.17) is 16.3 Å². The van der Waals surface area contributed by atoms with E-state index in [1.165, 1.54) is 0 Å². The zero-order chi connectivity index (χ0) is 20.2. The van der Waals surface area contributed by atoms with Crippen molar-refractivity contribution in [2.75, 3.05) is 31.6 Å². The van der Waals surface area contributed by atoms with Crippen molar-refractivity contribution in [3.8, 4) is 0 Å². The quantitative estimate of drug-likeness (QED) is 0.808. The molecule has 1 saturated carbocycles. The normalized spacial score (nSPS) is 25.0. The Kier molecular flexibility index (Phi) is 4.72. The topological polar surface area (TPSA) is 54.5 Å². The first-order valence-corrected chi connectivity index (χ1v) is 10.4. The zero-order valence-electron chi connectivity index (χ0n) is 15.8. The number of hydrogen-bond donors (Lipinski definition) is 1. The van der Waals surface area contributed by atoms with Gasteiger partial charge >= 0.3 is 0 Å². The summed E-state index contributed by atoms with van der Waals surface area (Å²) in [6.45, 7) is 3.71. The Morgan fingerprint density at radius 3 is 2.55 bits per heavy atom. The van der Waals surface area contributed by atoms with Crippen molar-refractivity contribution in [2.45, 2.75) is 37.1 Å². The van der Waals surface area contributed by atoms with Crippen LogP contribution < -0.4 is 5.32 Å². The van der Waals surface area contributed by atoms with Gasteiger partial charge in [0.25, 0.3) is 5.92 Å². The highest BCUT2D eigenvalue weighted by molar-refractivity contribution is 6.32. The molecule has 3 aliphatic rings. The van der Waals surface area contributed by atoms with Crippen molar-refractivity contribution in [3.63, 3.8) is 0 Å². The molecule has 154 valence electrons. The molecule has 2 saturated heterocycles. The van der Waals surface area contributed by atoms with Crippen LogP contribution in [0.3, 0.4) is 0 Å². The minimum Gasteiger partial charge on any atom is -0.378 e. The Labute approximate surface area is 172 Å². The Morgan fingerprint density at radius 2 is 1.93 bits per heavy atom. The number of hydrogen-bond acceptors (Lipinski definition) is 4. The molecule has 8 heteroatoms. The van der Waals surface area contributed by atoms with Crippen LogP contribution in [0.1, 0.15) is 30.7 Å². The first-order chi connectivity index (χ1) is 13.9. The molecule has 0 radical (unpaired) electrons. The maximum Gasteiger partial charge on any atom is 0.260 e. The van der Waals surface area contributed by atoms with Gasteiger partial charge in [-0.25, -0.2) is 13.8 Å². The predicted molar refractivity (Wildman–Crippen MR) is 107 cm³/mol. The molecule has 1 amide bonds. The van der Waals surface area contributed by atoms with Crippen LogP contribution in [0.15, 0.2) is 24.4 Å². The van der Waals surface area contributed by atoms with Crippen molar-refractivity contribution < 1.29 is 18.3 Å². The number of halogens is 3. The zero-order valence-corrected chi connectivity index (χ0v) is 16.6. The Morgan fingerprint density at radius 1 is 1.21 bits per heavy atom. The van der Waals surface area contributed by atoms with Gasteiger partial charge in [0.15, 0.2) is 0 Å². The molecule has 3 fully saturated rings. The number of alkyl halides is 2. The molecule has 29 heavy (non-hydrogen) atoms. The summed E-state index contributed by atoms with van der Waals surface area (Å²) in [7, 11) is 0. The Balaban J connectivity index is 1.33. The second-order valence-corrected chi connectivity index (χ2v) is 8.71. The summed E-state index contributed by atoms with van der Waals surface area (Å²) in [6, 6.07) is 6.23.